The van der Waals surface area contributed by atoms with Crippen molar-refractivity contribution in [2.24, 2.45) is 5.41 Å². The number of carbonyl (C=O) groups is 1. The van der Waals surface area contributed by atoms with Crippen LogP contribution in [0.4, 0.5) is 36.3 Å². The summed E-state index contributed by atoms with van der Waals surface area (Å²) in [5, 5.41) is 3.31. The van der Waals surface area contributed by atoms with E-state index in [1.54, 1.807) is 6.07 Å². The first-order valence-electron chi connectivity index (χ1n) is 12.0. The largest absolute Gasteiger partial charge is 0.416 e. The smallest absolute Gasteiger partial charge is 0.368 e. The summed E-state index contributed by atoms with van der Waals surface area (Å²) in [6.45, 7) is 6.30. The fourth-order valence-corrected chi connectivity index (χ4v) is 4.89. The van der Waals surface area contributed by atoms with Gasteiger partial charge in [-0.05, 0) is 42.2 Å². The van der Waals surface area contributed by atoms with Crippen LogP contribution in [0.5, 0.6) is 0 Å². The number of fused-ring (bicyclic) bond motifs is 1. The van der Waals surface area contributed by atoms with Crippen LogP contribution >= 0.6 is 0 Å². The first-order valence-corrected chi connectivity index (χ1v) is 12.0. The van der Waals surface area contributed by atoms with E-state index in [9.17, 15) is 18.0 Å². The fourth-order valence-electron chi connectivity index (χ4n) is 4.89. The minimum atomic E-state index is -4.37. The molecule has 6 nitrogen and oxygen atoms in total. The molecular formula is C27H28F3N5O. The third kappa shape index (κ3) is 5.01. The van der Waals surface area contributed by atoms with Crippen LogP contribution in [-0.4, -0.2) is 41.9 Å². The summed E-state index contributed by atoms with van der Waals surface area (Å²) < 4.78 is 39.5. The molecule has 1 aromatic heterocycles. The van der Waals surface area contributed by atoms with Gasteiger partial charge in [-0.3, -0.25) is 4.79 Å². The molecule has 1 fully saturated rings. The maximum absolute atomic E-state index is 13.2. The van der Waals surface area contributed by atoms with Crippen molar-refractivity contribution in [2.45, 2.75) is 32.9 Å². The van der Waals surface area contributed by atoms with Crippen molar-refractivity contribution in [3.8, 4) is 0 Å². The zero-order chi connectivity index (χ0) is 25.5. The molecule has 1 aliphatic heterocycles. The normalized spacial score (nSPS) is 17.6. The SMILES string of the molecule is CC1(C)CC(=O)c2c(nc(N3CCN(c4cccc(C(F)(F)F)c4)CC3)nc2Nc2ccccc2)C1. The van der Waals surface area contributed by atoms with Crippen molar-refractivity contribution in [1.29, 1.82) is 0 Å². The summed E-state index contributed by atoms with van der Waals surface area (Å²) in [6.07, 6.45) is -3.28. The number of halogens is 3. The summed E-state index contributed by atoms with van der Waals surface area (Å²) in [6, 6.07) is 15.0. The number of Topliss-reactive ketones (excluding diaryl/α,β-unsaturated/α-hetero) is 1. The third-order valence-electron chi connectivity index (χ3n) is 6.67. The summed E-state index contributed by atoms with van der Waals surface area (Å²) in [5.41, 5.74) is 1.82. The lowest BCUT2D eigenvalue weighted by molar-refractivity contribution is -0.137. The highest BCUT2D eigenvalue weighted by molar-refractivity contribution is 6.03. The van der Waals surface area contributed by atoms with Crippen LogP contribution in [0.15, 0.2) is 54.6 Å². The van der Waals surface area contributed by atoms with E-state index >= 15 is 0 Å². The Kier molecular flexibility index (Phi) is 6.10. The Balaban J connectivity index is 1.41. The van der Waals surface area contributed by atoms with E-state index in [0.717, 1.165) is 17.4 Å². The van der Waals surface area contributed by atoms with E-state index in [0.29, 0.717) is 62.0 Å². The Morgan fingerprint density at radius 1 is 0.889 bits per heavy atom. The number of benzene rings is 2. The van der Waals surface area contributed by atoms with Crippen molar-refractivity contribution in [1.82, 2.24) is 9.97 Å². The molecular weight excluding hydrogens is 467 g/mol. The molecule has 0 atom stereocenters. The molecule has 0 saturated carbocycles. The van der Waals surface area contributed by atoms with Gasteiger partial charge in [0, 0.05) is 44.0 Å². The molecule has 2 heterocycles. The van der Waals surface area contributed by atoms with Crippen LogP contribution in [0.25, 0.3) is 0 Å². The number of hydrogen-bond acceptors (Lipinski definition) is 6. The number of alkyl halides is 3. The fraction of sp³-hybridized carbons (Fsp3) is 0.370. The maximum Gasteiger partial charge on any atom is 0.416 e. The molecule has 1 saturated heterocycles. The number of nitrogens with zero attached hydrogens (tertiary/aromatic N) is 4. The van der Waals surface area contributed by atoms with Gasteiger partial charge in [0.2, 0.25) is 5.95 Å². The van der Waals surface area contributed by atoms with Crippen molar-refractivity contribution in [3.05, 3.63) is 71.4 Å². The molecule has 0 spiro atoms. The number of aromatic nitrogens is 2. The predicted octanol–water partition coefficient (Wildman–Crippen LogP) is 5.72. The molecule has 1 N–H and O–H groups in total. The first-order chi connectivity index (χ1) is 17.1. The van der Waals surface area contributed by atoms with Gasteiger partial charge in [0.15, 0.2) is 5.78 Å². The molecule has 0 bridgehead atoms. The maximum atomic E-state index is 13.2. The second kappa shape index (κ2) is 9.11. The summed E-state index contributed by atoms with van der Waals surface area (Å²) in [5.74, 6) is 1.06. The number of anilines is 4. The Morgan fingerprint density at radius 2 is 1.58 bits per heavy atom. The van der Waals surface area contributed by atoms with Crippen molar-refractivity contribution >= 4 is 28.9 Å². The predicted molar refractivity (Wildman–Crippen MR) is 134 cm³/mol. The van der Waals surface area contributed by atoms with Gasteiger partial charge in [0.25, 0.3) is 0 Å². The molecule has 1 aliphatic carbocycles. The first kappa shape index (κ1) is 24.1. The van der Waals surface area contributed by atoms with Crippen molar-refractivity contribution in [3.63, 3.8) is 0 Å². The van der Waals surface area contributed by atoms with Gasteiger partial charge in [-0.15, -0.1) is 0 Å². The Labute approximate surface area is 208 Å². The number of carbonyl (C=O) groups excluding carboxylic acids is 1. The zero-order valence-corrected chi connectivity index (χ0v) is 20.3. The average Bonchev–Trinajstić information content (AvgIpc) is 2.83. The van der Waals surface area contributed by atoms with Gasteiger partial charge in [0.1, 0.15) is 5.82 Å². The lowest BCUT2D eigenvalue weighted by Crippen LogP contribution is -2.47. The minimum Gasteiger partial charge on any atom is -0.368 e. The topological polar surface area (TPSA) is 61.4 Å². The van der Waals surface area contributed by atoms with Crippen LogP contribution in [-0.2, 0) is 12.6 Å². The van der Waals surface area contributed by atoms with Gasteiger partial charge in [-0.1, -0.05) is 38.1 Å². The van der Waals surface area contributed by atoms with Gasteiger partial charge >= 0.3 is 6.18 Å². The standard InChI is InChI=1S/C27H28F3N5O/c1-26(2)16-21-23(22(36)17-26)24(31-19-8-4-3-5-9-19)33-25(32-21)35-13-11-34(12-14-35)20-10-6-7-18(15-20)27(28,29)30/h3-10,15H,11-14,16-17H2,1-2H3,(H,31,32,33). The summed E-state index contributed by atoms with van der Waals surface area (Å²) >= 11 is 0. The number of rotatable bonds is 4. The van der Waals surface area contributed by atoms with Crippen LogP contribution in [0.3, 0.4) is 0 Å². The molecule has 3 aromatic rings. The Morgan fingerprint density at radius 3 is 2.28 bits per heavy atom. The monoisotopic (exact) mass is 495 g/mol. The van der Waals surface area contributed by atoms with E-state index in [1.165, 1.54) is 12.1 Å². The number of piperazine rings is 1. The number of ketones is 1. The van der Waals surface area contributed by atoms with Gasteiger partial charge in [-0.2, -0.15) is 18.2 Å². The van der Waals surface area contributed by atoms with E-state index in [4.69, 9.17) is 9.97 Å². The highest BCUT2D eigenvalue weighted by Crippen LogP contribution is 2.38. The second-order valence-electron chi connectivity index (χ2n) is 10.1. The third-order valence-corrected chi connectivity index (χ3v) is 6.67. The lowest BCUT2D eigenvalue weighted by atomic mass is 9.75. The van der Waals surface area contributed by atoms with Crippen molar-refractivity contribution in [2.75, 3.05) is 41.3 Å². The van der Waals surface area contributed by atoms with Crippen LogP contribution in [0.2, 0.25) is 0 Å². The molecule has 188 valence electrons. The molecule has 36 heavy (non-hydrogen) atoms. The van der Waals surface area contributed by atoms with Crippen LogP contribution in [0, 0.1) is 5.41 Å². The van der Waals surface area contributed by atoms with Crippen LogP contribution < -0.4 is 15.1 Å². The molecule has 2 aromatic carbocycles. The summed E-state index contributed by atoms with van der Waals surface area (Å²) in [7, 11) is 0. The average molecular weight is 496 g/mol. The van der Waals surface area contributed by atoms with E-state index in [-0.39, 0.29) is 11.2 Å². The van der Waals surface area contributed by atoms with E-state index < -0.39 is 11.7 Å². The van der Waals surface area contributed by atoms with Gasteiger partial charge < -0.3 is 15.1 Å². The van der Waals surface area contributed by atoms with Gasteiger partial charge in [0.05, 0.1) is 16.8 Å². The van der Waals surface area contributed by atoms with Crippen molar-refractivity contribution < 1.29 is 18.0 Å². The summed E-state index contributed by atoms with van der Waals surface area (Å²) in [4.78, 5) is 26.6. The number of hydrogen-bond donors (Lipinski definition) is 1. The quantitative estimate of drug-likeness (QED) is 0.500. The molecule has 9 heteroatoms. The highest BCUT2D eigenvalue weighted by atomic mass is 19.4. The van der Waals surface area contributed by atoms with Crippen LogP contribution in [0.1, 0.15) is 41.9 Å². The lowest BCUT2D eigenvalue weighted by Gasteiger charge is -2.37. The van der Waals surface area contributed by atoms with E-state index in [2.05, 4.69) is 19.2 Å². The molecule has 0 radical (unpaired) electrons. The molecule has 0 amide bonds. The van der Waals surface area contributed by atoms with E-state index in [1.807, 2.05) is 40.1 Å². The minimum absolute atomic E-state index is 0.0283. The molecule has 5 rings (SSSR count). The molecule has 0 unspecified atom stereocenters. The van der Waals surface area contributed by atoms with Gasteiger partial charge in [-0.25, -0.2) is 4.98 Å². The zero-order valence-electron chi connectivity index (χ0n) is 20.3. The number of nitrogens with one attached hydrogen (secondary N) is 1. The Hall–Kier alpha value is -3.62. The highest BCUT2D eigenvalue weighted by Gasteiger charge is 2.36. The Bertz CT molecular complexity index is 1270. The second-order valence-corrected chi connectivity index (χ2v) is 10.1. The number of para-hydroxylation sites is 1. The molecule has 2 aliphatic rings.